The molecule has 2 aliphatic rings. The molecule has 0 amide bonds. The molecule has 1 aliphatic carbocycles. The van der Waals surface area contributed by atoms with Crippen molar-refractivity contribution < 1.29 is 22.3 Å². The minimum absolute atomic E-state index is 0.146. The second-order valence-corrected chi connectivity index (χ2v) is 13.1. The number of halogens is 1. The average molecular weight is 571 g/mol. The number of benzene rings is 2. The average Bonchev–Trinajstić information content (AvgIpc) is 2.93. The van der Waals surface area contributed by atoms with Crippen LogP contribution in [0.15, 0.2) is 65.6 Å². The molecule has 5 rings (SSSR count). The number of rotatable bonds is 10. The first-order chi connectivity index (χ1) is 19.2. The second kappa shape index (κ2) is 12.1. The number of hydrogen-bond acceptors (Lipinski definition) is 7. The molecule has 1 aromatic heterocycles. The Morgan fingerprint density at radius 3 is 2.42 bits per heavy atom. The van der Waals surface area contributed by atoms with Crippen LogP contribution in [0.1, 0.15) is 32.3 Å². The lowest BCUT2D eigenvalue weighted by Crippen LogP contribution is -2.51. The van der Waals surface area contributed by atoms with Crippen LogP contribution in [0.25, 0.3) is 5.69 Å². The highest BCUT2D eigenvalue weighted by Crippen LogP contribution is 2.34. The zero-order chi connectivity index (χ0) is 28.3. The molecule has 0 atom stereocenters. The highest BCUT2D eigenvalue weighted by Gasteiger charge is 2.35. The maximum atomic E-state index is 13.9. The standard InChI is InChI=1S/C29H35FN4O5S/c1-21(2)40(36,37)33-13-11-32(12-14-33)27-18-31-34(25-10-6-9-24(30)17-25)29(35)28(27)39-26-15-23(16-26)20-38-19-22-7-4-3-5-8-22/h3-10,17-18,21,23,26H,11-16,19-20H2,1-2H3/t23-,26-. The molecular formula is C29H35FN4O5S. The molecule has 214 valence electrons. The van der Waals surface area contributed by atoms with Gasteiger partial charge in [0, 0.05) is 26.2 Å². The van der Waals surface area contributed by atoms with Gasteiger partial charge in [0.05, 0.1) is 36.5 Å². The maximum Gasteiger partial charge on any atom is 0.316 e. The Morgan fingerprint density at radius 2 is 1.75 bits per heavy atom. The molecule has 2 fully saturated rings. The van der Waals surface area contributed by atoms with Crippen LogP contribution in [0.5, 0.6) is 5.75 Å². The Labute approximate surface area is 234 Å². The number of anilines is 1. The van der Waals surface area contributed by atoms with Gasteiger partial charge in [0.1, 0.15) is 11.5 Å². The van der Waals surface area contributed by atoms with Gasteiger partial charge >= 0.3 is 5.56 Å². The van der Waals surface area contributed by atoms with E-state index in [1.54, 1.807) is 26.1 Å². The van der Waals surface area contributed by atoms with Crippen molar-refractivity contribution in [2.75, 3.05) is 37.7 Å². The van der Waals surface area contributed by atoms with Crippen LogP contribution < -0.4 is 15.2 Å². The van der Waals surface area contributed by atoms with Crippen molar-refractivity contribution >= 4 is 15.7 Å². The molecule has 1 saturated carbocycles. The largest absolute Gasteiger partial charge is 0.483 e. The fourth-order valence-corrected chi connectivity index (χ4v) is 6.30. The van der Waals surface area contributed by atoms with Crippen LogP contribution in [0.2, 0.25) is 0 Å². The van der Waals surface area contributed by atoms with E-state index in [0.717, 1.165) is 23.1 Å². The first-order valence-corrected chi connectivity index (χ1v) is 15.1. The third-order valence-corrected chi connectivity index (χ3v) is 9.72. The van der Waals surface area contributed by atoms with E-state index in [4.69, 9.17) is 9.47 Å². The van der Waals surface area contributed by atoms with Gasteiger partial charge in [-0.05, 0) is 56.4 Å². The van der Waals surface area contributed by atoms with Gasteiger partial charge in [0.2, 0.25) is 15.8 Å². The van der Waals surface area contributed by atoms with Crippen LogP contribution in [0.3, 0.4) is 0 Å². The minimum atomic E-state index is -3.37. The molecule has 1 aliphatic heterocycles. The van der Waals surface area contributed by atoms with E-state index < -0.39 is 26.6 Å². The smallest absolute Gasteiger partial charge is 0.316 e. The van der Waals surface area contributed by atoms with Crippen LogP contribution in [-0.2, 0) is 21.4 Å². The van der Waals surface area contributed by atoms with Crippen molar-refractivity contribution in [2.24, 2.45) is 5.92 Å². The highest BCUT2D eigenvalue weighted by atomic mass is 32.2. The summed E-state index contributed by atoms with van der Waals surface area (Å²) in [5, 5.41) is 3.82. The van der Waals surface area contributed by atoms with Crippen LogP contribution >= 0.6 is 0 Å². The highest BCUT2D eigenvalue weighted by molar-refractivity contribution is 7.89. The molecule has 0 unspecified atom stereocenters. The molecule has 1 saturated heterocycles. The van der Waals surface area contributed by atoms with Crippen LogP contribution in [0.4, 0.5) is 10.1 Å². The van der Waals surface area contributed by atoms with E-state index in [9.17, 15) is 17.6 Å². The van der Waals surface area contributed by atoms with E-state index in [0.29, 0.717) is 56.7 Å². The molecular weight excluding hydrogens is 535 g/mol. The number of nitrogens with zero attached hydrogens (tertiary/aromatic N) is 4. The monoisotopic (exact) mass is 570 g/mol. The second-order valence-electron chi connectivity index (χ2n) is 10.6. The van der Waals surface area contributed by atoms with Gasteiger partial charge in [-0.1, -0.05) is 36.4 Å². The van der Waals surface area contributed by atoms with Gasteiger partial charge in [-0.3, -0.25) is 4.79 Å². The van der Waals surface area contributed by atoms with Gasteiger partial charge in [0.15, 0.2) is 0 Å². The number of piperazine rings is 1. The topological polar surface area (TPSA) is 94.0 Å². The Morgan fingerprint density at radius 1 is 1.02 bits per heavy atom. The van der Waals surface area contributed by atoms with Crippen molar-refractivity contribution in [1.29, 1.82) is 0 Å². The Hall–Kier alpha value is -3.28. The quantitative estimate of drug-likeness (QED) is 0.368. The SMILES string of the molecule is CC(C)S(=O)(=O)N1CCN(c2cnn(-c3cccc(F)c3)c(=O)c2O[C@H]2C[C@H](COCc3ccccc3)C2)CC1. The lowest BCUT2D eigenvalue weighted by Gasteiger charge is -2.38. The predicted molar refractivity (Wildman–Crippen MR) is 151 cm³/mol. The number of sulfonamides is 1. The van der Waals surface area contributed by atoms with E-state index in [1.165, 1.54) is 22.5 Å². The molecule has 11 heteroatoms. The molecule has 2 aromatic carbocycles. The van der Waals surface area contributed by atoms with Crippen molar-refractivity contribution in [3.8, 4) is 11.4 Å². The lowest BCUT2D eigenvalue weighted by molar-refractivity contribution is -0.00307. The minimum Gasteiger partial charge on any atom is -0.483 e. The molecule has 9 nitrogen and oxygen atoms in total. The van der Waals surface area contributed by atoms with Gasteiger partial charge < -0.3 is 14.4 Å². The molecule has 0 spiro atoms. The van der Waals surface area contributed by atoms with Crippen molar-refractivity contribution in [3.05, 3.63) is 82.5 Å². The van der Waals surface area contributed by atoms with E-state index in [1.807, 2.05) is 35.2 Å². The molecule has 40 heavy (non-hydrogen) atoms. The molecule has 3 aromatic rings. The van der Waals surface area contributed by atoms with Crippen molar-refractivity contribution in [2.45, 2.75) is 44.6 Å². The van der Waals surface area contributed by atoms with E-state index in [2.05, 4.69) is 5.10 Å². The first kappa shape index (κ1) is 28.3. The summed E-state index contributed by atoms with van der Waals surface area (Å²) in [6.45, 7) is 5.90. The van der Waals surface area contributed by atoms with Crippen molar-refractivity contribution in [1.82, 2.24) is 14.1 Å². The van der Waals surface area contributed by atoms with Gasteiger partial charge in [-0.2, -0.15) is 14.1 Å². The van der Waals surface area contributed by atoms with Crippen LogP contribution in [-0.4, -0.2) is 66.6 Å². The Kier molecular flexibility index (Phi) is 8.53. The summed E-state index contributed by atoms with van der Waals surface area (Å²) in [6, 6.07) is 15.7. The van der Waals surface area contributed by atoms with Gasteiger partial charge in [0.25, 0.3) is 0 Å². The third-order valence-electron chi connectivity index (χ3n) is 7.44. The molecule has 0 radical (unpaired) electrons. The normalized spacial score (nSPS) is 19.9. The third kappa shape index (κ3) is 6.21. The zero-order valence-corrected chi connectivity index (χ0v) is 23.6. The number of ether oxygens (including phenoxy) is 2. The fourth-order valence-electron chi connectivity index (χ4n) is 5.03. The molecule has 0 bridgehead atoms. The fraction of sp³-hybridized carbons (Fsp3) is 0.448. The summed E-state index contributed by atoms with van der Waals surface area (Å²) in [7, 11) is -3.37. The number of hydrogen-bond donors (Lipinski definition) is 0. The first-order valence-electron chi connectivity index (χ1n) is 13.6. The number of aromatic nitrogens is 2. The summed E-state index contributed by atoms with van der Waals surface area (Å²) in [5.41, 5.74) is 1.46. The molecule has 2 heterocycles. The summed E-state index contributed by atoms with van der Waals surface area (Å²) in [5.74, 6) is -0.000114. The van der Waals surface area contributed by atoms with E-state index >= 15 is 0 Å². The van der Waals surface area contributed by atoms with Gasteiger partial charge in [-0.15, -0.1) is 0 Å². The summed E-state index contributed by atoms with van der Waals surface area (Å²) in [4.78, 5) is 15.6. The zero-order valence-electron chi connectivity index (χ0n) is 22.8. The van der Waals surface area contributed by atoms with E-state index in [-0.39, 0.29) is 11.9 Å². The lowest BCUT2D eigenvalue weighted by atomic mass is 9.83. The summed E-state index contributed by atoms with van der Waals surface area (Å²) >= 11 is 0. The summed E-state index contributed by atoms with van der Waals surface area (Å²) < 4.78 is 54.0. The van der Waals surface area contributed by atoms with Crippen LogP contribution in [0, 0.1) is 11.7 Å². The predicted octanol–water partition coefficient (Wildman–Crippen LogP) is 3.61. The van der Waals surface area contributed by atoms with Crippen molar-refractivity contribution in [3.63, 3.8) is 0 Å². The Bertz CT molecular complexity index is 1470. The maximum absolute atomic E-state index is 13.9. The Balaban J connectivity index is 1.30. The summed E-state index contributed by atoms with van der Waals surface area (Å²) in [6.07, 6.45) is 2.88. The molecule has 0 N–H and O–H groups in total. The van der Waals surface area contributed by atoms with Gasteiger partial charge in [-0.25, -0.2) is 12.8 Å².